The molecule has 1 aromatic rings. The van der Waals surface area contributed by atoms with Crippen LogP contribution < -0.4 is 4.74 Å². The first kappa shape index (κ1) is 14.9. The molecule has 0 heterocycles. The molecular weight excluding hydrogens is 248 g/mol. The van der Waals surface area contributed by atoms with E-state index >= 15 is 0 Å². The fraction of sp³-hybridized carbons (Fsp3) is 0.556. The van der Waals surface area contributed by atoms with Crippen molar-refractivity contribution in [2.75, 3.05) is 7.11 Å². The van der Waals surface area contributed by atoms with E-state index in [4.69, 9.17) is 11.2 Å². The molecule has 0 aromatic heterocycles. The summed E-state index contributed by atoms with van der Waals surface area (Å²) < 4.78 is 5.45. The lowest BCUT2D eigenvalue weighted by Gasteiger charge is -2.43. The Labute approximate surface area is 122 Å². The fourth-order valence-electron chi connectivity index (χ4n) is 3.32. The van der Waals surface area contributed by atoms with Crippen LogP contribution in [0, 0.1) is 12.3 Å². The molecule has 0 amide bonds. The maximum atomic E-state index is 9.69. The molecule has 0 atom stereocenters. The normalized spacial score (nSPS) is 19.1. The molecule has 1 N–H and O–H groups in total. The van der Waals surface area contributed by atoms with Crippen molar-refractivity contribution in [1.82, 2.24) is 0 Å². The van der Waals surface area contributed by atoms with Crippen molar-refractivity contribution in [3.05, 3.63) is 28.3 Å². The summed E-state index contributed by atoms with van der Waals surface area (Å²) in [5, 5.41) is 9.69. The van der Waals surface area contributed by atoms with Gasteiger partial charge < -0.3 is 9.84 Å². The van der Waals surface area contributed by atoms with E-state index in [1.807, 2.05) is 0 Å². The highest BCUT2D eigenvalue weighted by Crippen LogP contribution is 2.49. The van der Waals surface area contributed by atoms with E-state index in [-0.39, 0.29) is 17.4 Å². The average molecular weight is 272 g/mol. The van der Waals surface area contributed by atoms with Crippen LogP contribution in [0.25, 0.3) is 0 Å². The predicted octanol–water partition coefficient (Wildman–Crippen LogP) is 3.52. The number of terminal acetylenes is 1. The molecule has 0 saturated carbocycles. The number of aliphatic hydroxyl groups excluding tert-OH is 1. The second-order valence-corrected chi connectivity index (χ2v) is 6.93. The van der Waals surface area contributed by atoms with E-state index in [1.165, 1.54) is 11.1 Å². The van der Waals surface area contributed by atoms with E-state index < -0.39 is 0 Å². The first-order valence-electron chi connectivity index (χ1n) is 7.11. The molecule has 0 radical (unpaired) electrons. The van der Waals surface area contributed by atoms with Crippen LogP contribution in [0.3, 0.4) is 0 Å². The van der Waals surface area contributed by atoms with Crippen LogP contribution in [0.2, 0.25) is 0 Å². The molecule has 0 unspecified atom stereocenters. The van der Waals surface area contributed by atoms with Crippen LogP contribution in [0.1, 0.15) is 62.8 Å². The zero-order valence-electron chi connectivity index (χ0n) is 13.1. The Balaban J connectivity index is 2.89. The smallest absolute Gasteiger partial charge is 0.125 e. The van der Waals surface area contributed by atoms with Crippen molar-refractivity contribution < 1.29 is 9.84 Å². The Kier molecular flexibility index (Phi) is 3.60. The highest BCUT2D eigenvalue weighted by atomic mass is 16.5. The predicted molar refractivity (Wildman–Crippen MR) is 82.1 cm³/mol. The molecule has 1 aliphatic rings. The molecule has 1 aliphatic carbocycles. The third kappa shape index (κ3) is 2.11. The molecule has 2 rings (SSSR count). The molecule has 1 aromatic carbocycles. The monoisotopic (exact) mass is 272 g/mol. The Morgan fingerprint density at radius 3 is 2.35 bits per heavy atom. The van der Waals surface area contributed by atoms with Gasteiger partial charge in [-0.25, -0.2) is 0 Å². The van der Waals surface area contributed by atoms with Crippen LogP contribution >= 0.6 is 0 Å². The molecule has 0 bridgehead atoms. The zero-order valence-corrected chi connectivity index (χ0v) is 13.1. The molecule has 0 fully saturated rings. The summed E-state index contributed by atoms with van der Waals surface area (Å²) in [5.74, 6) is 3.50. The summed E-state index contributed by atoms with van der Waals surface area (Å²) in [6, 6.07) is 2.07. The molecule has 2 heteroatoms. The lowest BCUT2D eigenvalue weighted by Crippen LogP contribution is -2.35. The number of ether oxygens (including phenoxy) is 1. The van der Waals surface area contributed by atoms with Gasteiger partial charge in [0.1, 0.15) is 5.75 Å². The standard InChI is InChI=1S/C18H24O2/c1-7-12-13(11-19)15(20-6)10-14-16(12)18(4,5)9-8-17(14,2)3/h1,10,19H,8-9,11H2,2-6H3. The van der Waals surface area contributed by atoms with Crippen molar-refractivity contribution in [2.45, 2.75) is 58.0 Å². The van der Waals surface area contributed by atoms with Gasteiger partial charge in [-0.1, -0.05) is 33.6 Å². The van der Waals surface area contributed by atoms with Gasteiger partial charge in [0.2, 0.25) is 0 Å². The first-order chi connectivity index (χ1) is 9.28. The van der Waals surface area contributed by atoms with Gasteiger partial charge in [0.15, 0.2) is 0 Å². The van der Waals surface area contributed by atoms with Crippen LogP contribution in [0.5, 0.6) is 5.75 Å². The molecular formula is C18H24O2. The third-order valence-electron chi connectivity index (χ3n) is 4.70. The van der Waals surface area contributed by atoms with E-state index in [1.54, 1.807) is 7.11 Å². The minimum atomic E-state index is -0.0908. The highest BCUT2D eigenvalue weighted by molar-refractivity contribution is 5.61. The first-order valence-corrected chi connectivity index (χ1v) is 7.11. The van der Waals surface area contributed by atoms with Crippen LogP contribution in [-0.2, 0) is 17.4 Å². The minimum absolute atomic E-state index is 0.0305. The summed E-state index contributed by atoms with van der Waals surface area (Å²) in [7, 11) is 1.63. The summed E-state index contributed by atoms with van der Waals surface area (Å²) in [6.45, 7) is 8.87. The number of hydrogen-bond donors (Lipinski definition) is 1. The van der Waals surface area contributed by atoms with Crippen molar-refractivity contribution in [3.8, 4) is 18.1 Å². The van der Waals surface area contributed by atoms with Crippen molar-refractivity contribution >= 4 is 0 Å². The maximum Gasteiger partial charge on any atom is 0.125 e. The molecule has 2 nitrogen and oxygen atoms in total. The Hall–Kier alpha value is -1.46. The topological polar surface area (TPSA) is 29.5 Å². The van der Waals surface area contributed by atoms with Gasteiger partial charge in [-0.15, -0.1) is 6.42 Å². The van der Waals surface area contributed by atoms with Gasteiger partial charge >= 0.3 is 0 Å². The minimum Gasteiger partial charge on any atom is -0.496 e. The largest absolute Gasteiger partial charge is 0.496 e. The summed E-state index contributed by atoms with van der Waals surface area (Å²) in [4.78, 5) is 0. The van der Waals surface area contributed by atoms with E-state index in [0.717, 1.165) is 24.0 Å². The van der Waals surface area contributed by atoms with Crippen molar-refractivity contribution in [3.63, 3.8) is 0 Å². The van der Waals surface area contributed by atoms with E-state index in [2.05, 4.69) is 39.7 Å². The molecule has 0 spiro atoms. The van der Waals surface area contributed by atoms with E-state index in [9.17, 15) is 5.11 Å². The lowest BCUT2D eigenvalue weighted by molar-refractivity contribution is 0.270. The second kappa shape index (κ2) is 4.82. The summed E-state index contributed by atoms with van der Waals surface area (Å²) >= 11 is 0. The maximum absolute atomic E-state index is 9.69. The van der Waals surface area contributed by atoms with Crippen LogP contribution in [0.15, 0.2) is 6.07 Å². The van der Waals surface area contributed by atoms with Crippen LogP contribution in [0.4, 0.5) is 0 Å². The quantitative estimate of drug-likeness (QED) is 0.835. The Morgan fingerprint density at radius 2 is 1.85 bits per heavy atom. The molecule has 108 valence electrons. The van der Waals surface area contributed by atoms with Crippen LogP contribution in [-0.4, -0.2) is 12.2 Å². The number of benzene rings is 1. The zero-order chi connectivity index (χ0) is 15.1. The van der Waals surface area contributed by atoms with Gasteiger partial charge in [-0.2, -0.15) is 0 Å². The van der Waals surface area contributed by atoms with E-state index in [0.29, 0.717) is 5.75 Å². The SMILES string of the molecule is C#Cc1c(CO)c(OC)cc2c1C(C)(C)CCC2(C)C. The third-order valence-corrected chi connectivity index (χ3v) is 4.70. The Bertz CT molecular complexity index is 574. The molecule has 0 aliphatic heterocycles. The molecule has 0 saturated heterocycles. The van der Waals surface area contributed by atoms with Crippen molar-refractivity contribution in [2.24, 2.45) is 0 Å². The Morgan fingerprint density at radius 1 is 1.25 bits per heavy atom. The average Bonchev–Trinajstić information content (AvgIpc) is 2.41. The molecule has 20 heavy (non-hydrogen) atoms. The fourth-order valence-corrected chi connectivity index (χ4v) is 3.32. The van der Waals surface area contributed by atoms with Crippen molar-refractivity contribution in [1.29, 1.82) is 0 Å². The number of hydrogen-bond acceptors (Lipinski definition) is 2. The number of rotatable bonds is 2. The van der Waals surface area contributed by atoms with Gasteiger partial charge in [0, 0.05) is 11.1 Å². The lowest BCUT2D eigenvalue weighted by atomic mass is 9.61. The summed E-state index contributed by atoms with van der Waals surface area (Å²) in [5.41, 5.74) is 4.14. The van der Waals surface area contributed by atoms with Gasteiger partial charge in [0.25, 0.3) is 0 Å². The van der Waals surface area contributed by atoms with Gasteiger partial charge in [-0.05, 0) is 40.9 Å². The highest BCUT2D eigenvalue weighted by Gasteiger charge is 2.40. The van der Waals surface area contributed by atoms with Gasteiger partial charge in [0.05, 0.1) is 13.7 Å². The van der Waals surface area contributed by atoms with Gasteiger partial charge in [-0.3, -0.25) is 0 Å². The number of aliphatic hydroxyl groups is 1. The number of methoxy groups -OCH3 is 1. The summed E-state index contributed by atoms with van der Waals surface area (Å²) in [6.07, 6.45) is 7.99. The number of fused-ring (bicyclic) bond motifs is 1. The second-order valence-electron chi connectivity index (χ2n) is 6.93.